The Kier molecular flexibility index (Phi) is 4.25. The SMILES string of the molecule is COc1cc2c(cc1OC)C13OCC(c4c(ccc(OC)c4OC)C1(C)C)N3CC2. The van der Waals surface area contributed by atoms with Gasteiger partial charge in [0.05, 0.1) is 41.1 Å². The molecule has 3 heterocycles. The number of rotatable bonds is 4. The van der Waals surface area contributed by atoms with Crippen LogP contribution >= 0.6 is 0 Å². The van der Waals surface area contributed by atoms with Crippen molar-refractivity contribution in [3.63, 3.8) is 0 Å². The number of ether oxygens (including phenoxy) is 5. The number of methoxy groups -OCH3 is 4. The van der Waals surface area contributed by atoms with Crippen molar-refractivity contribution < 1.29 is 23.7 Å². The van der Waals surface area contributed by atoms with Crippen molar-refractivity contribution >= 4 is 0 Å². The van der Waals surface area contributed by atoms with Gasteiger partial charge in [0.2, 0.25) is 0 Å². The Labute approximate surface area is 177 Å². The van der Waals surface area contributed by atoms with Crippen molar-refractivity contribution in [2.24, 2.45) is 0 Å². The first-order chi connectivity index (χ1) is 14.4. The van der Waals surface area contributed by atoms with Gasteiger partial charge in [-0.3, -0.25) is 4.90 Å². The van der Waals surface area contributed by atoms with Gasteiger partial charge in [0.1, 0.15) is 0 Å². The Morgan fingerprint density at radius 3 is 2.27 bits per heavy atom. The Morgan fingerprint density at radius 1 is 0.900 bits per heavy atom. The minimum absolute atomic E-state index is 0.110. The van der Waals surface area contributed by atoms with Crippen molar-refractivity contribution in [2.45, 2.75) is 37.5 Å². The highest BCUT2D eigenvalue weighted by molar-refractivity contribution is 5.61. The largest absolute Gasteiger partial charge is 0.493 e. The molecule has 3 aliphatic rings. The van der Waals surface area contributed by atoms with Crippen LogP contribution in [-0.4, -0.2) is 46.5 Å². The van der Waals surface area contributed by atoms with Gasteiger partial charge in [0, 0.05) is 23.1 Å². The number of fused-ring (bicyclic) bond motifs is 3. The van der Waals surface area contributed by atoms with E-state index in [1.807, 2.05) is 6.07 Å². The van der Waals surface area contributed by atoms with Gasteiger partial charge >= 0.3 is 0 Å². The molecule has 5 rings (SSSR count). The van der Waals surface area contributed by atoms with Crippen LogP contribution in [0, 0.1) is 0 Å². The monoisotopic (exact) mass is 411 g/mol. The number of hydrogen-bond donors (Lipinski definition) is 0. The van der Waals surface area contributed by atoms with Crippen molar-refractivity contribution in [3.05, 3.63) is 46.5 Å². The van der Waals surface area contributed by atoms with Crippen molar-refractivity contribution in [3.8, 4) is 23.0 Å². The standard InChI is InChI=1S/C24H29NO5/c1-23(2)15-7-8-18(26-3)22(29-6)21(15)17-13-30-24(23)16-12-20(28-5)19(27-4)11-14(16)9-10-25(17)24/h7-8,11-12,17H,9-10,13H2,1-6H3. The summed E-state index contributed by atoms with van der Waals surface area (Å²) in [5, 5.41) is 0. The van der Waals surface area contributed by atoms with E-state index in [9.17, 15) is 0 Å². The van der Waals surface area contributed by atoms with E-state index in [2.05, 4.69) is 36.9 Å². The lowest BCUT2D eigenvalue weighted by Crippen LogP contribution is -2.61. The quantitative estimate of drug-likeness (QED) is 0.763. The van der Waals surface area contributed by atoms with Crippen molar-refractivity contribution in [2.75, 3.05) is 41.6 Å². The summed E-state index contributed by atoms with van der Waals surface area (Å²) in [4.78, 5) is 2.51. The maximum Gasteiger partial charge on any atom is 0.165 e. The summed E-state index contributed by atoms with van der Waals surface area (Å²) in [7, 11) is 6.76. The zero-order chi connectivity index (χ0) is 21.3. The molecule has 160 valence electrons. The highest BCUT2D eigenvalue weighted by atomic mass is 16.5. The van der Waals surface area contributed by atoms with Gasteiger partial charge in [-0.25, -0.2) is 0 Å². The van der Waals surface area contributed by atoms with E-state index in [1.54, 1.807) is 28.4 Å². The molecule has 0 aliphatic carbocycles. The van der Waals surface area contributed by atoms with Crippen LogP contribution in [0.5, 0.6) is 23.0 Å². The molecule has 0 saturated carbocycles. The van der Waals surface area contributed by atoms with E-state index in [4.69, 9.17) is 23.7 Å². The summed E-state index contributed by atoms with van der Waals surface area (Å²) < 4.78 is 29.5. The fourth-order valence-corrected chi connectivity index (χ4v) is 5.95. The summed E-state index contributed by atoms with van der Waals surface area (Å²) >= 11 is 0. The highest BCUT2D eigenvalue weighted by Crippen LogP contribution is 2.64. The van der Waals surface area contributed by atoms with E-state index in [0.29, 0.717) is 6.61 Å². The zero-order valence-corrected chi connectivity index (χ0v) is 18.5. The van der Waals surface area contributed by atoms with Gasteiger partial charge in [-0.2, -0.15) is 0 Å². The number of nitrogens with zero attached hydrogens (tertiary/aromatic N) is 1. The topological polar surface area (TPSA) is 49.4 Å². The van der Waals surface area contributed by atoms with Gasteiger partial charge in [-0.05, 0) is 35.7 Å². The van der Waals surface area contributed by atoms with Crippen LogP contribution in [0.4, 0.5) is 0 Å². The number of hydrogen-bond acceptors (Lipinski definition) is 6. The van der Waals surface area contributed by atoms with Crippen LogP contribution in [0.2, 0.25) is 0 Å². The van der Waals surface area contributed by atoms with Crippen LogP contribution in [-0.2, 0) is 22.3 Å². The molecule has 6 heteroatoms. The second kappa shape index (κ2) is 6.53. The van der Waals surface area contributed by atoms with Crippen LogP contribution in [0.3, 0.4) is 0 Å². The molecular weight excluding hydrogens is 382 g/mol. The van der Waals surface area contributed by atoms with Gasteiger partial charge in [0.25, 0.3) is 0 Å². The van der Waals surface area contributed by atoms with Crippen LogP contribution in [0.1, 0.15) is 42.1 Å². The predicted octanol–water partition coefficient (Wildman–Crippen LogP) is 3.79. The predicted molar refractivity (Wildman–Crippen MR) is 113 cm³/mol. The summed E-state index contributed by atoms with van der Waals surface area (Å²) in [6.07, 6.45) is 0.926. The summed E-state index contributed by atoms with van der Waals surface area (Å²) in [5.41, 5.74) is 3.93. The first-order valence-corrected chi connectivity index (χ1v) is 10.4. The van der Waals surface area contributed by atoms with Crippen molar-refractivity contribution in [1.29, 1.82) is 0 Å². The molecule has 0 amide bonds. The molecule has 0 aromatic heterocycles. The molecular formula is C24H29NO5. The van der Waals surface area contributed by atoms with Gasteiger partial charge in [-0.1, -0.05) is 19.9 Å². The molecule has 6 nitrogen and oxygen atoms in total. The third-order valence-electron chi connectivity index (χ3n) is 7.27. The van der Waals surface area contributed by atoms with E-state index in [-0.39, 0.29) is 11.5 Å². The van der Waals surface area contributed by atoms with Crippen molar-refractivity contribution in [1.82, 2.24) is 4.90 Å². The molecule has 2 aromatic rings. The normalized spacial score (nSPS) is 25.7. The molecule has 30 heavy (non-hydrogen) atoms. The second-order valence-corrected chi connectivity index (χ2v) is 8.67. The van der Waals surface area contributed by atoms with Crippen LogP contribution < -0.4 is 18.9 Å². The fraction of sp³-hybridized carbons (Fsp3) is 0.500. The molecule has 2 unspecified atom stereocenters. The lowest BCUT2D eigenvalue weighted by molar-refractivity contribution is -0.155. The van der Waals surface area contributed by atoms with Crippen LogP contribution in [0.15, 0.2) is 24.3 Å². The molecule has 2 atom stereocenters. The average molecular weight is 411 g/mol. The van der Waals surface area contributed by atoms with E-state index in [1.165, 1.54) is 22.3 Å². The van der Waals surface area contributed by atoms with Gasteiger partial charge in [-0.15, -0.1) is 0 Å². The lowest BCUT2D eigenvalue weighted by atomic mass is 9.64. The molecule has 0 N–H and O–H groups in total. The van der Waals surface area contributed by atoms with Gasteiger partial charge in [0.15, 0.2) is 28.7 Å². The van der Waals surface area contributed by atoms with E-state index in [0.717, 1.165) is 36.0 Å². The Morgan fingerprint density at radius 2 is 1.60 bits per heavy atom. The molecule has 2 bridgehead atoms. The average Bonchev–Trinajstić information content (AvgIpc) is 3.13. The Bertz CT molecular complexity index is 1020. The first-order valence-electron chi connectivity index (χ1n) is 10.4. The lowest BCUT2D eigenvalue weighted by Gasteiger charge is -2.56. The summed E-state index contributed by atoms with van der Waals surface area (Å²) in [5.74, 6) is 3.06. The van der Waals surface area contributed by atoms with Gasteiger partial charge < -0.3 is 23.7 Å². The molecule has 1 saturated heterocycles. The smallest absolute Gasteiger partial charge is 0.165 e. The molecule has 2 aromatic carbocycles. The fourth-order valence-electron chi connectivity index (χ4n) is 5.95. The minimum atomic E-state index is -0.572. The highest BCUT2D eigenvalue weighted by Gasteiger charge is 2.65. The molecule has 0 radical (unpaired) electrons. The Balaban J connectivity index is 1.79. The maximum atomic E-state index is 6.77. The first kappa shape index (κ1) is 19.5. The third kappa shape index (κ3) is 2.16. The maximum absolute atomic E-state index is 6.77. The third-order valence-corrected chi connectivity index (χ3v) is 7.27. The van der Waals surface area contributed by atoms with Crippen LogP contribution in [0.25, 0.3) is 0 Å². The Hall–Kier alpha value is -2.44. The zero-order valence-electron chi connectivity index (χ0n) is 18.5. The minimum Gasteiger partial charge on any atom is -0.493 e. The molecule has 1 fully saturated rings. The summed E-state index contributed by atoms with van der Waals surface area (Å²) in [6.45, 7) is 6.03. The number of benzene rings is 2. The molecule has 3 aliphatic heterocycles. The second-order valence-electron chi connectivity index (χ2n) is 8.67. The molecule has 0 spiro atoms. The van der Waals surface area contributed by atoms with E-state index < -0.39 is 5.72 Å². The summed E-state index contributed by atoms with van der Waals surface area (Å²) in [6, 6.07) is 8.50. The van der Waals surface area contributed by atoms with E-state index >= 15 is 0 Å².